The molecule has 0 aliphatic heterocycles. The van der Waals surface area contributed by atoms with E-state index in [2.05, 4.69) is 0 Å². The minimum atomic E-state index is -1.07. The summed E-state index contributed by atoms with van der Waals surface area (Å²) in [6.45, 7) is 0. The summed E-state index contributed by atoms with van der Waals surface area (Å²) < 4.78 is 11.5. The first-order chi connectivity index (χ1) is 6.59. The summed E-state index contributed by atoms with van der Waals surface area (Å²) in [5.74, 6) is 0.175. The van der Waals surface area contributed by atoms with Crippen LogP contribution in [0.3, 0.4) is 0 Å². The third kappa shape index (κ3) is 3.75. The zero-order chi connectivity index (χ0) is 10.6. The first kappa shape index (κ1) is 11.7. The number of carbonyl (C=O) groups is 1. The lowest BCUT2D eigenvalue weighted by Crippen LogP contribution is -2.36. The van der Waals surface area contributed by atoms with Gasteiger partial charge in [0.05, 0.1) is 0 Å². The highest BCUT2D eigenvalue weighted by Crippen LogP contribution is 2.25. The predicted octanol–water partition coefficient (Wildman–Crippen LogP) is 0.337. The van der Waals surface area contributed by atoms with E-state index in [1.165, 1.54) is 12.8 Å². The molecule has 4 nitrogen and oxygen atoms in total. The van der Waals surface area contributed by atoms with Gasteiger partial charge < -0.3 is 10.8 Å². The van der Waals surface area contributed by atoms with E-state index in [-0.39, 0.29) is 5.75 Å². The van der Waals surface area contributed by atoms with Crippen LogP contribution in [0.2, 0.25) is 0 Å². The first-order valence-corrected chi connectivity index (χ1v) is 6.41. The van der Waals surface area contributed by atoms with E-state index in [9.17, 15) is 9.00 Å². The summed E-state index contributed by atoms with van der Waals surface area (Å²) in [5, 5.41) is 8.53. The maximum Gasteiger partial charge on any atom is 0.321 e. The van der Waals surface area contributed by atoms with Gasteiger partial charge in [0.15, 0.2) is 0 Å². The first-order valence-electron chi connectivity index (χ1n) is 4.93. The third-order valence-corrected chi connectivity index (χ3v) is 4.15. The van der Waals surface area contributed by atoms with Crippen LogP contribution in [0.15, 0.2) is 0 Å². The molecule has 82 valence electrons. The van der Waals surface area contributed by atoms with Crippen LogP contribution < -0.4 is 5.73 Å². The molecule has 1 aliphatic carbocycles. The Labute approximate surface area is 86.3 Å². The normalized spacial score (nSPS) is 22.1. The fraction of sp³-hybridized carbons (Fsp3) is 0.889. The summed E-state index contributed by atoms with van der Waals surface area (Å²) in [5.41, 5.74) is 5.30. The van der Waals surface area contributed by atoms with Gasteiger partial charge in [0.25, 0.3) is 0 Å². The van der Waals surface area contributed by atoms with E-state index in [1.807, 2.05) is 0 Å². The molecule has 0 radical (unpaired) electrons. The monoisotopic (exact) mass is 219 g/mol. The molecule has 0 aromatic heterocycles. The molecule has 0 spiro atoms. The number of nitrogens with two attached hydrogens (primary N) is 1. The van der Waals surface area contributed by atoms with Crippen LogP contribution in [0.5, 0.6) is 0 Å². The number of carboxylic acid groups (broad SMARTS) is 1. The van der Waals surface area contributed by atoms with Crippen molar-refractivity contribution in [2.24, 2.45) is 11.7 Å². The highest BCUT2D eigenvalue weighted by Gasteiger charge is 2.20. The summed E-state index contributed by atoms with van der Waals surface area (Å²) >= 11 is 0. The van der Waals surface area contributed by atoms with Gasteiger partial charge in [-0.25, -0.2) is 0 Å². The van der Waals surface area contributed by atoms with Gasteiger partial charge in [0.1, 0.15) is 6.04 Å². The Balaban J connectivity index is 2.24. The van der Waals surface area contributed by atoms with Gasteiger partial charge in [-0.1, -0.05) is 12.8 Å². The van der Waals surface area contributed by atoms with E-state index in [0.29, 0.717) is 11.7 Å². The Morgan fingerprint density at radius 1 is 1.50 bits per heavy atom. The quantitative estimate of drug-likeness (QED) is 0.698. The van der Waals surface area contributed by atoms with Gasteiger partial charge in [-0.15, -0.1) is 0 Å². The van der Waals surface area contributed by atoms with Crippen molar-refractivity contribution >= 4 is 16.8 Å². The molecule has 1 rings (SSSR count). The number of rotatable bonds is 5. The molecule has 1 aliphatic rings. The Kier molecular flexibility index (Phi) is 4.54. The van der Waals surface area contributed by atoms with Gasteiger partial charge in [-0.2, -0.15) is 0 Å². The minimum absolute atomic E-state index is 0.0891. The second kappa shape index (κ2) is 5.46. The Bertz CT molecular complexity index is 226. The number of hydrogen-bond donors (Lipinski definition) is 2. The van der Waals surface area contributed by atoms with Crippen molar-refractivity contribution < 1.29 is 14.1 Å². The maximum atomic E-state index is 11.5. The molecule has 3 N–H and O–H groups in total. The lowest BCUT2D eigenvalue weighted by atomic mass is 10.1. The zero-order valence-electron chi connectivity index (χ0n) is 8.15. The van der Waals surface area contributed by atoms with E-state index in [4.69, 9.17) is 10.8 Å². The van der Waals surface area contributed by atoms with Gasteiger partial charge in [-0.3, -0.25) is 9.00 Å². The Morgan fingerprint density at radius 3 is 2.57 bits per heavy atom. The van der Waals surface area contributed by atoms with E-state index in [1.54, 1.807) is 0 Å². The fourth-order valence-corrected chi connectivity index (χ4v) is 3.32. The van der Waals surface area contributed by atoms with Crippen LogP contribution in [0.25, 0.3) is 0 Å². The number of carboxylic acids is 1. The summed E-state index contributed by atoms with van der Waals surface area (Å²) in [6.07, 6.45) is 4.70. The van der Waals surface area contributed by atoms with Gasteiger partial charge in [0, 0.05) is 22.3 Å². The molecule has 0 bridgehead atoms. The zero-order valence-corrected chi connectivity index (χ0v) is 8.96. The largest absolute Gasteiger partial charge is 0.480 e. The standard InChI is InChI=1S/C9H17NO3S/c10-8(9(11)12)6-14(13)5-7-3-1-2-4-7/h7-8H,1-6,10H2,(H,11,12). The van der Waals surface area contributed by atoms with Crippen LogP contribution >= 0.6 is 0 Å². The fourth-order valence-electron chi connectivity index (χ4n) is 1.78. The van der Waals surface area contributed by atoms with Crippen LogP contribution in [0.1, 0.15) is 25.7 Å². The molecular formula is C9H17NO3S. The molecule has 0 aromatic carbocycles. The van der Waals surface area contributed by atoms with Gasteiger partial charge in [-0.05, 0) is 18.8 Å². The van der Waals surface area contributed by atoms with Crippen LogP contribution in [-0.2, 0) is 15.6 Å². The van der Waals surface area contributed by atoms with Crippen molar-refractivity contribution in [3.63, 3.8) is 0 Å². The molecule has 0 amide bonds. The van der Waals surface area contributed by atoms with Gasteiger partial charge >= 0.3 is 5.97 Å². The van der Waals surface area contributed by atoms with E-state index in [0.717, 1.165) is 12.8 Å². The lowest BCUT2D eigenvalue weighted by molar-refractivity contribution is -0.137. The summed E-state index contributed by atoms with van der Waals surface area (Å²) in [4.78, 5) is 10.4. The second-order valence-electron chi connectivity index (χ2n) is 3.87. The Morgan fingerprint density at radius 2 is 2.07 bits per heavy atom. The highest BCUT2D eigenvalue weighted by molar-refractivity contribution is 7.85. The van der Waals surface area contributed by atoms with E-state index >= 15 is 0 Å². The average molecular weight is 219 g/mol. The van der Waals surface area contributed by atoms with Crippen LogP contribution in [-0.4, -0.2) is 32.8 Å². The molecule has 14 heavy (non-hydrogen) atoms. The molecule has 0 saturated heterocycles. The minimum Gasteiger partial charge on any atom is -0.480 e. The van der Waals surface area contributed by atoms with Crippen molar-refractivity contribution in [1.29, 1.82) is 0 Å². The number of aliphatic carboxylic acids is 1. The lowest BCUT2D eigenvalue weighted by Gasteiger charge is -2.10. The van der Waals surface area contributed by atoms with E-state index < -0.39 is 22.8 Å². The van der Waals surface area contributed by atoms with Crippen molar-refractivity contribution in [1.82, 2.24) is 0 Å². The van der Waals surface area contributed by atoms with Gasteiger partial charge in [0.2, 0.25) is 0 Å². The molecule has 1 saturated carbocycles. The van der Waals surface area contributed by atoms with Crippen molar-refractivity contribution in [3.8, 4) is 0 Å². The third-order valence-electron chi connectivity index (χ3n) is 2.58. The molecule has 0 heterocycles. The second-order valence-corrected chi connectivity index (χ2v) is 5.41. The summed E-state index contributed by atoms with van der Waals surface area (Å²) in [7, 11) is -1.07. The molecule has 1 fully saturated rings. The van der Waals surface area contributed by atoms with Crippen molar-refractivity contribution in [2.75, 3.05) is 11.5 Å². The topological polar surface area (TPSA) is 80.4 Å². The smallest absolute Gasteiger partial charge is 0.321 e. The molecule has 0 aromatic rings. The molecule has 5 heteroatoms. The molecular weight excluding hydrogens is 202 g/mol. The van der Waals surface area contributed by atoms with Crippen molar-refractivity contribution in [2.45, 2.75) is 31.7 Å². The number of hydrogen-bond acceptors (Lipinski definition) is 3. The average Bonchev–Trinajstić information content (AvgIpc) is 2.56. The van der Waals surface area contributed by atoms with Crippen LogP contribution in [0, 0.1) is 5.92 Å². The summed E-state index contributed by atoms with van der Waals surface area (Å²) in [6, 6.07) is -0.975. The molecule has 2 unspecified atom stereocenters. The maximum absolute atomic E-state index is 11.5. The SMILES string of the molecule is NC(CS(=O)CC1CCCC1)C(=O)O. The van der Waals surface area contributed by atoms with Crippen LogP contribution in [0.4, 0.5) is 0 Å². The predicted molar refractivity (Wildman–Crippen MR) is 55.4 cm³/mol. The molecule has 2 atom stereocenters. The highest BCUT2D eigenvalue weighted by atomic mass is 32.2. The Hall–Kier alpha value is -0.420. The van der Waals surface area contributed by atoms with Crippen molar-refractivity contribution in [3.05, 3.63) is 0 Å².